The molecule has 1 heterocycles. The van der Waals surface area contributed by atoms with Crippen LogP contribution >= 0.6 is 0 Å². The van der Waals surface area contributed by atoms with Crippen molar-refractivity contribution in [1.82, 2.24) is 9.88 Å². The number of nitrogens with zero attached hydrogens (tertiary/aromatic N) is 1. The van der Waals surface area contributed by atoms with E-state index in [0.29, 0.717) is 0 Å². The first-order chi connectivity index (χ1) is 10.1. The number of benzene rings is 1. The number of rotatable bonds is 6. The van der Waals surface area contributed by atoms with E-state index >= 15 is 0 Å². The van der Waals surface area contributed by atoms with E-state index in [-0.39, 0.29) is 24.2 Å². The van der Waals surface area contributed by atoms with E-state index in [1.54, 1.807) is 18.2 Å². The third-order valence-electron chi connectivity index (χ3n) is 3.28. The first-order valence-corrected chi connectivity index (χ1v) is 7.04. The second-order valence-electron chi connectivity index (χ2n) is 4.87. The molecular formula is C16H20FN3O. The Morgan fingerprint density at radius 3 is 2.76 bits per heavy atom. The van der Waals surface area contributed by atoms with E-state index in [1.165, 1.54) is 6.07 Å². The fourth-order valence-corrected chi connectivity index (χ4v) is 2.28. The van der Waals surface area contributed by atoms with E-state index in [1.807, 2.05) is 36.7 Å². The summed E-state index contributed by atoms with van der Waals surface area (Å²) in [5.41, 5.74) is 1.23. The van der Waals surface area contributed by atoms with Crippen LogP contribution in [0, 0.1) is 5.82 Å². The Labute approximate surface area is 124 Å². The lowest BCUT2D eigenvalue weighted by molar-refractivity contribution is -0.116. The third-order valence-corrected chi connectivity index (χ3v) is 3.28. The van der Waals surface area contributed by atoms with Crippen LogP contribution in [0.25, 0.3) is 0 Å². The van der Waals surface area contributed by atoms with Gasteiger partial charge in [-0.3, -0.25) is 4.79 Å². The van der Waals surface area contributed by atoms with Gasteiger partial charge in [0.2, 0.25) is 5.91 Å². The Bertz CT molecular complexity index is 609. The molecule has 4 nitrogen and oxygen atoms in total. The van der Waals surface area contributed by atoms with Crippen molar-refractivity contribution in [3.05, 3.63) is 54.1 Å². The van der Waals surface area contributed by atoms with Crippen LogP contribution in [-0.2, 0) is 11.3 Å². The predicted molar refractivity (Wildman–Crippen MR) is 81.6 cm³/mol. The quantitative estimate of drug-likeness (QED) is 0.859. The topological polar surface area (TPSA) is 46.1 Å². The van der Waals surface area contributed by atoms with E-state index in [0.717, 1.165) is 12.2 Å². The highest BCUT2D eigenvalue weighted by Crippen LogP contribution is 2.15. The summed E-state index contributed by atoms with van der Waals surface area (Å²) in [5, 5.41) is 5.90. The second kappa shape index (κ2) is 7.04. The lowest BCUT2D eigenvalue weighted by Crippen LogP contribution is -2.24. The van der Waals surface area contributed by atoms with Crippen LogP contribution in [0.3, 0.4) is 0 Å². The van der Waals surface area contributed by atoms with Crippen molar-refractivity contribution >= 4 is 11.6 Å². The van der Waals surface area contributed by atoms with Crippen molar-refractivity contribution in [2.45, 2.75) is 26.4 Å². The number of aromatic nitrogens is 1. The average Bonchev–Trinajstić information content (AvgIpc) is 2.90. The molecule has 1 amide bonds. The summed E-state index contributed by atoms with van der Waals surface area (Å²) in [5.74, 6) is -0.680. The van der Waals surface area contributed by atoms with E-state index < -0.39 is 5.82 Å². The third kappa shape index (κ3) is 3.92. The summed E-state index contributed by atoms with van der Waals surface area (Å²) in [4.78, 5) is 12.0. The fraction of sp³-hybridized carbons (Fsp3) is 0.312. The largest absolute Gasteiger partial charge is 0.341 e. The number of nitrogens with one attached hydrogen (secondary N) is 2. The molecule has 2 N–H and O–H groups in total. The number of hydrogen-bond donors (Lipinski definition) is 2. The molecule has 1 aromatic carbocycles. The minimum atomic E-state index is -0.431. The number of carbonyl (C=O) groups excluding carboxylic acids is 1. The Morgan fingerprint density at radius 2 is 2.05 bits per heavy atom. The summed E-state index contributed by atoms with van der Waals surface area (Å²) < 4.78 is 15.4. The SMILES string of the molecule is CCNC(C)c1cccn1CC(=O)Nc1ccccc1F. The molecule has 1 unspecified atom stereocenters. The van der Waals surface area contributed by atoms with Gasteiger partial charge in [0.05, 0.1) is 5.69 Å². The monoisotopic (exact) mass is 289 g/mol. The maximum Gasteiger partial charge on any atom is 0.244 e. The molecule has 0 aliphatic heterocycles. The van der Waals surface area contributed by atoms with Gasteiger partial charge in [0.1, 0.15) is 12.4 Å². The molecule has 0 bridgehead atoms. The Kier molecular flexibility index (Phi) is 5.11. The van der Waals surface area contributed by atoms with E-state index in [9.17, 15) is 9.18 Å². The Balaban J connectivity index is 2.04. The molecule has 0 fully saturated rings. The summed E-state index contributed by atoms with van der Waals surface area (Å²) in [6, 6.07) is 10.2. The molecular weight excluding hydrogens is 269 g/mol. The summed E-state index contributed by atoms with van der Waals surface area (Å²) in [7, 11) is 0. The second-order valence-corrected chi connectivity index (χ2v) is 4.87. The van der Waals surface area contributed by atoms with Gasteiger partial charge in [0, 0.05) is 17.9 Å². The highest BCUT2D eigenvalue weighted by molar-refractivity contribution is 5.90. The Morgan fingerprint density at radius 1 is 1.29 bits per heavy atom. The number of hydrogen-bond acceptors (Lipinski definition) is 2. The molecule has 0 spiro atoms. The molecule has 0 saturated carbocycles. The molecule has 0 aliphatic carbocycles. The smallest absolute Gasteiger partial charge is 0.244 e. The Hall–Kier alpha value is -2.14. The van der Waals surface area contributed by atoms with Crippen LogP contribution in [0.1, 0.15) is 25.6 Å². The van der Waals surface area contributed by atoms with Gasteiger partial charge >= 0.3 is 0 Å². The predicted octanol–water partition coefficient (Wildman–Crippen LogP) is 2.94. The molecule has 0 saturated heterocycles. The molecule has 1 aromatic heterocycles. The van der Waals surface area contributed by atoms with Crippen molar-refractivity contribution in [3.8, 4) is 0 Å². The van der Waals surface area contributed by atoms with Crippen molar-refractivity contribution in [2.75, 3.05) is 11.9 Å². The maximum atomic E-state index is 13.5. The van der Waals surface area contributed by atoms with E-state index in [4.69, 9.17) is 0 Å². The fourth-order valence-electron chi connectivity index (χ4n) is 2.28. The minimum absolute atomic E-state index is 0.159. The van der Waals surface area contributed by atoms with Gasteiger partial charge in [0.25, 0.3) is 0 Å². The van der Waals surface area contributed by atoms with Gasteiger partial charge in [0.15, 0.2) is 0 Å². The highest BCUT2D eigenvalue weighted by atomic mass is 19.1. The number of para-hydroxylation sites is 1. The summed E-state index contributed by atoms with van der Waals surface area (Å²) in [6.07, 6.45) is 1.85. The van der Waals surface area contributed by atoms with E-state index in [2.05, 4.69) is 10.6 Å². The average molecular weight is 289 g/mol. The lowest BCUT2D eigenvalue weighted by atomic mass is 10.2. The van der Waals surface area contributed by atoms with Crippen molar-refractivity contribution in [2.24, 2.45) is 0 Å². The zero-order chi connectivity index (χ0) is 15.2. The summed E-state index contributed by atoms with van der Waals surface area (Å²) >= 11 is 0. The van der Waals surface area contributed by atoms with Crippen LogP contribution in [-0.4, -0.2) is 17.0 Å². The number of halogens is 1. The zero-order valence-electron chi connectivity index (χ0n) is 12.3. The van der Waals surface area contributed by atoms with Crippen LogP contribution in [0.2, 0.25) is 0 Å². The van der Waals surface area contributed by atoms with Crippen LogP contribution in [0.5, 0.6) is 0 Å². The molecule has 0 aliphatic rings. The number of amides is 1. The van der Waals surface area contributed by atoms with Gasteiger partial charge in [-0.25, -0.2) is 4.39 Å². The molecule has 1 atom stereocenters. The number of anilines is 1. The molecule has 21 heavy (non-hydrogen) atoms. The molecule has 112 valence electrons. The van der Waals surface area contributed by atoms with Gasteiger partial charge in [-0.15, -0.1) is 0 Å². The van der Waals surface area contributed by atoms with Gasteiger partial charge < -0.3 is 15.2 Å². The first kappa shape index (κ1) is 15.3. The van der Waals surface area contributed by atoms with Gasteiger partial charge in [-0.1, -0.05) is 19.1 Å². The van der Waals surface area contributed by atoms with Crippen LogP contribution in [0.15, 0.2) is 42.6 Å². The van der Waals surface area contributed by atoms with Crippen LogP contribution in [0.4, 0.5) is 10.1 Å². The summed E-state index contributed by atoms with van der Waals surface area (Å²) in [6.45, 7) is 5.10. The minimum Gasteiger partial charge on any atom is -0.341 e. The van der Waals surface area contributed by atoms with Gasteiger partial charge in [-0.05, 0) is 37.7 Å². The first-order valence-electron chi connectivity index (χ1n) is 7.04. The normalized spacial score (nSPS) is 12.1. The van der Waals surface area contributed by atoms with Gasteiger partial charge in [-0.2, -0.15) is 0 Å². The van der Waals surface area contributed by atoms with Crippen LogP contribution < -0.4 is 10.6 Å². The number of carbonyl (C=O) groups is 1. The standard InChI is InChI=1S/C16H20FN3O/c1-3-18-12(2)15-9-6-10-20(15)11-16(21)19-14-8-5-4-7-13(14)17/h4-10,12,18H,3,11H2,1-2H3,(H,19,21). The zero-order valence-corrected chi connectivity index (χ0v) is 12.3. The van der Waals surface area contributed by atoms with Crippen molar-refractivity contribution in [3.63, 3.8) is 0 Å². The molecule has 0 radical (unpaired) electrons. The van der Waals surface area contributed by atoms with Crippen molar-refractivity contribution < 1.29 is 9.18 Å². The van der Waals surface area contributed by atoms with Crippen molar-refractivity contribution in [1.29, 1.82) is 0 Å². The molecule has 2 aromatic rings. The highest BCUT2D eigenvalue weighted by Gasteiger charge is 2.12. The molecule has 2 rings (SSSR count). The lowest BCUT2D eigenvalue weighted by Gasteiger charge is -2.16. The molecule has 5 heteroatoms. The maximum absolute atomic E-state index is 13.5.